The van der Waals surface area contributed by atoms with Crippen LogP contribution in [-0.2, 0) is 11.8 Å². The Hall–Kier alpha value is -0.910. The molecule has 0 bridgehead atoms. The standard InChI is InChI=1S/C9H13BrN4O/c1-6(8-12-11-5-13(8)2)14-4-3-7(10)9(14)15/h5-7H,3-4H2,1-2H3. The third-order valence-electron chi connectivity index (χ3n) is 2.76. The van der Waals surface area contributed by atoms with Crippen LogP contribution in [0.3, 0.4) is 0 Å². The van der Waals surface area contributed by atoms with E-state index in [1.54, 1.807) is 6.33 Å². The number of halogens is 1. The van der Waals surface area contributed by atoms with Crippen molar-refractivity contribution >= 4 is 21.8 Å². The molecule has 5 nitrogen and oxygen atoms in total. The van der Waals surface area contributed by atoms with Crippen LogP contribution in [0.25, 0.3) is 0 Å². The molecule has 0 N–H and O–H groups in total. The molecular formula is C9H13BrN4O. The predicted molar refractivity (Wildman–Crippen MR) is 58.5 cm³/mol. The summed E-state index contributed by atoms with van der Waals surface area (Å²) in [4.78, 5) is 13.6. The van der Waals surface area contributed by atoms with E-state index in [-0.39, 0.29) is 16.8 Å². The number of likely N-dealkylation sites (tertiary alicyclic amines) is 1. The Bertz CT molecular complexity index is 378. The summed E-state index contributed by atoms with van der Waals surface area (Å²) in [6.07, 6.45) is 2.51. The number of amides is 1. The fourth-order valence-electron chi connectivity index (χ4n) is 1.86. The number of rotatable bonds is 2. The Kier molecular flexibility index (Phi) is 2.77. The highest BCUT2D eigenvalue weighted by Gasteiger charge is 2.34. The second-order valence-corrected chi connectivity index (χ2v) is 4.87. The number of hydrogen-bond acceptors (Lipinski definition) is 3. The van der Waals surface area contributed by atoms with Crippen molar-refractivity contribution in [2.75, 3.05) is 6.54 Å². The molecule has 0 spiro atoms. The van der Waals surface area contributed by atoms with Crippen molar-refractivity contribution in [2.45, 2.75) is 24.2 Å². The fourth-order valence-corrected chi connectivity index (χ4v) is 2.33. The first-order valence-electron chi connectivity index (χ1n) is 4.89. The molecule has 0 aromatic carbocycles. The molecule has 1 aliphatic heterocycles. The van der Waals surface area contributed by atoms with Gasteiger partial charge in [-0.1, -0.05) is 15.9 Å². The minimum Gasteiger partial charge on any atom is -0.332 e. The van der Waals surface area contributed by atoms with Gasteiger partial charge in [0, 0.05) is 13.6 Å². The normalized spacial score (nSPS) is 23.5. The van der Waals surface area contributed by atoms with Crippen LogP contribution in [0.1, 0.15) is 25.2 Å². The van der Waals surface area contributed by atoms with Crippen LogP contribution >= 0.6 is 15.9 Å². The van der Waals surface area contributed by atoms with E-state index >= 15 is 0 Å². The monoisotopic (exact) mass is 272 g/mol. The molecule has 1 saturated heterocycles. The van der Waals surface area contributed by atoms with Crippen LogP contribution in [-0.4, -0.2) is 36.9 Å². The first kappa shape index (κ1) is 10.6. The molecule has 1 aromatic heterocycles. The highest BCUT2D eigenvalue weighted by molar-refractivity contribution is 9.10. The lowest BCUT2D eigenvalue weighted by Gasteiger charge is -2.23. The first-order valence-corrected chi connectivity index (χ1v) is 5.81. The van der Waals surface area contributed by atoms with Gasteiger partial charge in [-0.25, -0.2) is 0 Å². The zero-order chi connectivity index (χ0) is 11.0. The second-order valence-electron chi connectivity index (χ2n) is 3.76. The zero-order valence-corrected chi connectivity index (χ0v) is 10.3. The van der Waals surface area contributed by atoms with E-state index in [9.17, 15) is 4.79 Å². The Morgan fingerprint density at radius 2 is 2.40 bits per heavy atom. The summed E-state index contributed by atoms with van der Waals surface area (Å²) < 4.78 is 1.85. The largest absolute Gasteiger partial charge is 0.332 e. The Morgan fingerprint density at radius 3 is 2.87 bits per heavy atom. The van der Waals surface area contributed by atoms with E-state index in [2.05, 4.69) is 26.1 Å². The van der Waals surface area contributed by atoms with Crippen molar-refractivity contribution in [1.29, 1.82) is 0 Å². The lowest BCUT2D eigenvalue weighted by molar-refractivity contribution is -0.129. The number of alkyl halides is 1. The van der Waals surface area contributed by atoms with Crippen molar-refractivity contribution < 1.29 is 4.79 Å². The quantitative estimate of drug-likeness (QED) is 0.751. The van der Waals surface area contributed by atoms with Gasteiger partial charge >= 0.3 is 0 Å². The summed E-state index contributed by atoms with van der Waals surface area (Å²) in [5.41, 5.74) is 0. The molecule has 1 amide bonds. The lowest BCUT2D eigenvalue weighted by Crippen LogP contribution is -2.31. The van der Waals surface area contributed by atoms with Gasteiger partial charge in [-0.15, -0.1) is 10.2 Å². The van der Waals surface area contributed by atoms with Crippen LogP contribution in [0.5, 0.6) is 0 Å². The SMILES string of the molecule is CC(c1nncn1C)N1CCC(Br)C1=O. The number of carbonyl (C=O) groups is 1. The average molecular weight is 273 g/mol. The van der Waals surface area contributed by atoms with Gasteiger partial charge in [-0.2, -0.15) is 0 Å². The maximum absolute atomic E-state index is 11.8. The molecule has 15 heavy (non-hydrogen) atoms. The number of nitrogens with zero attached hydrogens (tertiary/aromatic N) is 4. The number of hydrogen-bond donors (Lipinski definition) is 0. The van der Waals surface area contributed by atoms with E-state index < -0.39 is 0 Å². The molecule has 82 valence electrons. The van der Waals surface area contributed by atoms with Crippen LogP contribution in [0.15, 0.2) is 6.33 Å². The van der Waals surface area contributed by atoms with E-state index in [0.29, 0.717) is 0 Å². The number of aryl methyl sites for hydroxylation is 1. The van der Waals surface area contributed by atoms with Crippen LogP contribution < -0.4 is 0 Å². The van der Waals surface area contributed by atoms with Crippen molar-refractivity contribution in [3.05, 3.63) is 12.2 Å². The average Bonchev–Trinajstić information content (AvgIpc) is 2.75. The Morgan fingerprint density at radius 1 is 1.67 bits per heavy atom. The topological polar surface area (TPSA) is 51.0 Å². The summed E-state index contributed by atoms with van der Waals surface area (Å²) in [6, 6.07) is -0.00690. The Labute approximate surface area is 96.6 Å². The van der Waals surface area contributed by atoms with E-state index in [1.807, 2.05) is 23.4 Å². The van der Waals surface area contributed by atoms with Crippen molar-refractivity contribution in [1.82, 2.24) is 19.7 Å². The minimum atomic E-state index is -0.0341. The van der Waals surface area contributed by atoms with Gasteiger partial charge in [0.05, 0.1) is 10.9 Å². The van der Waals surface area contributed by atoms with Crippen molar-refractivity contribution in [2.24, 2.45) is 7.05 Å². The van der Waals surface area contributed by atoms with E-state index in [4.69, 9.17) is 0 Å². The smallest absolute Gasteiger partial charge is 0.237 e. The molecule has 2 unspecified atom stereocenters. The number of carbonyl (C=O) groups excluding carboxylic acids is 1. The summed E-state index contributed by atoms with van der Waals surface area (Å²) >= 11 is 3.36. The number of aromatic nitrogens is 3. The van der Waals surface area contributed by atoms with Gasteiger partial charge in [-0.3, -0.25) is 4.79 Å². The molecule has 0 aliphatic carbocycles. The molecule has 0 radical (unpaired) electrons. The Balaban J connectivity index is 2.19. The maximum atomic E-state index is 11.8. The van der Waals surface area contributed by atoms with Crippen LogP contribution in [0.4, 0.5) is 0 Å². The van der Waals surface area contributed by atoms with E-state index in [0.717, 1.165) is 18.8 Å². The summed E-state index contributed by atoms with van der Waals surface area (Å²) in [5, 5.41) is 7.85. The third-order valence-corrected chi connectivity index (χ3v) is 3.61. The van der Waals surface area contributed by atoms with Gasteiger partial charge in [0.15, 0.2) is 5.82 Å². The predicted octanol–water partition coefficient (Wildman–Crippen LogP) is 0.872. The van der Waals surface area contributed by atoms with Crippen molar-refractivity contribution in [3.63, 3.8) is 0 Å². The third kappa shape index (κ3) is 1.78. The molecule has 1 fully saturated rings. The highest BCUT2D eigenvalue weighted by Crippen LogP contribution is 2.27. The summed E-state index contributed by atoms with van der Waals surface area (Å²) in [6.45, 7) is 2.76. The van der Waals surface area contributed by atoms with Gasteiger partial charge in [-0.05, 0) is 13.3 Å². The second kappa shape index (κ2) is 3.92. The van der Waals surface area contributed by atoms with Gasteiger partial charge < -0.3 is 9.47 Å². The molecule has 6 heteroatoms. The zero-order valence-electron chi connectivity index (χ0n) is 8.72. The molecule has 2 rings (SSSR count). The van der Waals surface area contributed by atoms with E-state index in [1.165, 1.54) is 0 Å². The molecule has 2 heterocycles. The molecule has 0 saturated carbocycles. The lowest BCUT2D eigenvalue weighted by atomic mass is 10.3. The fraction of sp³-hybridized carbons (Fsp3) is 0.667. The van der Waals surface area contributed by atoms with Gasteiger partial charge in [0.2, 0.25) is 5.91 Å². The summed E-state index contributed by atoms with van der Waals surface area (Å²) in [7, 11) is 1.89. The van der Waals surface area contributed by atoms with Crippen LogP contribution in [0.2, 0.25) is 0 Å². The van der Waals surface area contributed by atoms with Gasteiger partial charge in [0.25, 0.3) is 0 Å². The minimum absolute atomic E-state index is 0.00690. The molecular weight excluding hydrogens is 260 g/mol. The molecule has 2 atom stereocenters. The summed E-state index contributed by atoms with van der Waals surface area (Å²) in [5.74, 6) is 0.968. The highest BCUT2D eigenvalue weighted by atomic mass is 79.9. The van der Waals surface area contributed by atoms with Crippen molar-refractivity contribution in [3.8, 4) is 0 Å². The molecule has 1 aromatic rings. The maximum Gasteiger partial charge on any atom is 0.237 e. The van der Waals surface area contributed by atoms with Crippen LogP contribution in [0, 0.1) is 0 Å². The first-order chi connectivity index (χ1) is 7.11. The molecule has 1 aliphatic rings. The van der Waals surface area contributed by atoms with Gasteiger partial charge in [0.1, 0.15) is 6.33 Å².